The second kappa shape index (κ2) is 7.26. The van der Waals surface area contributed by atoms with E-state index in [-0.39, 0.29) is 6.54 Å². The van der Waals surface area contributed by atoms with Crippen LogP contribution in [0.2, 0.25) is 0 Å². The molecule has 0 aliphatic rings. The molecule has 0 saturated carbocycles. The van der Waals surface area contributed by atoms with E-state index in [1.807, 2.05) is 30.3 Å². The van der Waals surface area contributed by atoms with Gasteiger partial charge in [0.1, 0.15) is 11.3 Å². The summed E-state index contributed by atoms with van der Waals surface area (Å²) < 4.78 is 38.5. The summed E-state index contributed by atoms with van der Waals surface area (Å²) in [5, 5.41) is 3.04. The van der Waals surface area contributed by atoms with Crippen molar-refractivity contribution in [3.05, 3.63) is 84.1 Å². The molecule has 0 aliphatic carbocycles. The molecule has 4 aromatic rings. The summed E-state index contributed by atoms with van der Waals surface area (Å²) in [4.78, 5) is 13.4. The molecule has 7 heteroatoms. The summed E-state index contributed by atoms with van der Waals surface area (Å²) in [5.74, 6) is 0.518. The number of hydrogen-bond donors (Lipinski definition) is 1. The molecule has 2 aromatic carbocycles. The molecule has 0 radical (unpaired) electrons. The predicted molar refractivity (Wildman–Crippen MR) is 102 cm³/mol. The third-order valence-electron chi connectivity index (χ3n) is 4.20. The SMILES string of the molecule is FC(F)(F)c1cccc(CNc2ccc3ncc(-c4ccccc4)nc3n2)c1. The highest BCUT2D eigenvalue weighted by Crippen LogP contribution is 2.29. The second-order valence-electron chi connectivity index (χ2n) is 6.21. The van der Waals surface area contributed by atoms with Crippen LogP contribution in [0.3, 0.4) is 0 Å². The van der Waals surface area contributed by atoms with Crippen molar-refractivity contribution in [1.82, 2.24) is 15.0 Å². The van der Waals surface area contributed by atoms with Crippen LogP contribution >= 0.6 is 0 Å². The number of hydrogen-bond acceptors (Lipinski definition) is 4. The molecule has 0 atom stereocenters. The van der Waals surface area contributed by atoms with Crippen LogP contribution < -0.4 is 5.32 Å². The van der Waals surface area contributed by atoms with E-state index < -0.39 is 11.7 Å². The Morgan fingerprint density at radius 1 is 0.857 bits per heavy atom. The van der Waals surface area contributed by atoms with Gasteiger partial charge in [-0.2, -0.15) is 13.2 Å². The lowest BCUT2D eigenvalue weighted by Crippen LogP contribution is -2.07. The van der Waals surface area contributed by atoms with Gasteiger partial charge in [0.25, 0.3) is 0 Å². The van der Waals surface area contributed by atoms with E-state index in [4.69, 9.17) is 0 Å². The first kappa shape index (κ1) is 17.9. The quantitative estimate of drug-likeness (QED) is 0.520. The summed E-state index contributed by atoms with van der Waals surface area (Å²) in [6.07, 6.45) is -2.67. The zero-order chi connectivity index (χ0) is 19.6. The van der Waals surface area contributed by atoms with E-state index in [1.54, 1.807) is 24.4 Å². The molecule has 2 heterocycles. The summed E-state index contributed by atoms with van der Waals surface area (Å²) in [7, 11) is 0. The number of halogens is 3. The van der Waals surface area contributed by atoms with E-state index in [0.29, 0.717) is 28.2 Å². The molecular formula is C21H15F3N4. The molecule has 0 spiro atoms. The van der Waals surface area contributed by atoms with Gasteiger partial charge in [0.2, 0.25) is 0 Å². The van der Waals surface area contributed by atoms with Crippen LogP contribution in [0.15, 0.2) is 72.9 Å². The number of alkyl halides is 3. The van der Waals surface area contributed by atoms with Crippen LogP contribution in [0.4, 0.5) is 19.0 Å². The van der Waals surface area contributed by atoms with E-state index in [0.717, 1.165) is 17.7 Å². The molecule has 140 valence electrons. The highest BCUT2D eigenvalue weighted by Gasteiger charge is 2.30. The molecule has 4 nitrogen and oxygen atoms in total. The topological polar surface area (TPSA) is 50.7 Å². The van der Waals surface area contributed by atoms with Gasteiger partial charge in [0.05, 0.1) is 17.5 Å². The molecule has 28 heavy (non-hydrogen) atoms. The highest BCUT2D eigenvalue weighted by atomic mass is 19.4. The van der Waals surface area contributed by atoms with Crippen molar-refractivity contribution in [3.8, 4) is 11.3 Å². The van der Waals surface area contributed by atoms with Crippen LogP contribution in [-0.2, 0) is 12.7 Å². The fourth-order valence-electron chi connectivity index (χ4n) is 2.79. The Balaban J connectivity index is 1.56. The van der Waals surface area contributed by atoms with Crippen molar-refractivity contribution in [2.75, 3.05) is 5.32 Å². The normalized spacial score (nSPS) is 11.5. The minimum atomic E-state index is -4.36. The van der Waals surface area contributed by atoms with Crippen molar-refractivity contribution in [2.24, 2.45) is 0 Å². The van der Waals surface area contributed by atoms with E-state index in [9.17, 15) is 13.2 Å². The van der Waals surface area contributed by atoms with Crippen LogP contribution in [0, 0.1) is 0 Å². The average Bonchev–Trinajstić information content (AvgIpc) is 2.72. The molecule has 0 fully saturated rings. The smallest absolute Gasteiger partial charge is 0.366 e. The molecule has 0 amide bonds. The van der Waals surface area contributed by atoms with Crippen LogP contribution in [0.1, 0.15) is 11.1 Å². The van der Waals surface area contributed by atoms with Gasteiger partial charge in [-0.3, -0.25) is 4.98 Å². The zero-order valence-corrected chi connectivity index (χ0v) is 14.6. The van der Waals surface area contributed by atoms with Gasteiger partial charge in [0, 0.05) is 12.1 Å². The largest absolute Gasteiger partial charge is 0.416 e. The van der Waals surface area contributed by atoms with Crippen molar-refractivity contribution in [3.63, 3.8) is 0 Å². The number of aromatic nitrogens is 3. The number of nitrogens with zero attached hydrogens (tertiary/aromatic N) is 3. The van der Waals surface area contributed by atoms with Crippen LogP contribution in [0.25, 0.3) is 22.4 Å². The summed E-state index contributed by atoms with van der Waals surface area (Å²) >= 11 is 0. The lowest BCUT2D eigenvalue weighted by atomic mass is 10.1. The number of rotatable bonds is 4. The summed E-state index contributed by atoms with van der Waals surface area (Å²) in [5.41, 5.74) is 2.59. The molecule has 0 saturated heterocycles. The maximum atomic E-state index is 12.8. The number of anilines is 1. The molecular weight excluding hydrogens is 365 g/mol. The Labute approximate surface area is 159 Å². The van der Waals surface area contributed by atoms with Crippen molar-refractivity contribution in [1.29, 1.82) is 0 Å². The summed E-state index contributed by atoms with van der Waals surface area (Å²) in [6.45, 7) is 0.216. The van der Waals surface area contributed by atoms with E-state index in [1.165, 1.54) is 6.07 Å². The zero-order valence-electron chi connectivity index (χ0n) is 14.6. The van der Waals surface area contributed by atoms with E-state index >= 15 is 0 Å². The van der Waals surface area contributed by atoms with Gasteiger partial charge in [-0.25, -0.2) is 9.97 Å². The predicted octanol–water partition coefficient (Wildman–Crippen LogP) is 5.32. The molecule has 4 rings (SSSR count). The van der Waals surface area contributed by atoms with Crippen LogP contribution in [0.5, 0.6) is 0 Å². The number of pyridine rings is 1. The van der Waals surface area contributed by atoms with Crippen molar-refractivity contribution in [2.45, 2.75) is 12.7 Å². The average molecular weight is 380 g/mol. The lowest BCUT2D eigenvalue weighted by Gasteiger charge is -2.10. The monoisotopic (exact) mass is 380 g/mol. The molecule has 0 unspecified atom stereocenters. The molecule has 0 aliphatic heterocycles. The maximum absolute atomic E-state index is 12.8. The van der Waals surface area contributed by atoms with E-state index in [2.05, 4.69) is 20.3 Å². The summed E-state index contributed by atoms with van der Waals surface area (Å²) in [6, 6.07) is 18.3. The first-order chi connectivity index (χ1) is 13.5. The standard InChI is InChI=1S/C21H15F3N4/c22-21(23,24)16-8-4-5-14(11-16)12-26-19-10-9-17-20(28-19)27-18(13-25-17)15-6-2-1-3-7-15/h1-11,13H,12H2,(H,26,27,28). The fraction of sp³-hybridized carbons (Fsp3) is 0.0952. The number of fused-ring (bicyclic) bond motifs is 1. The Morgan fingerprint density at radius 3 is 2.46 bits per heavy atom. The third-order valence-corrected chi connectivity index (χ3v) is 4.20. The Morgan fingerprint density at radius 2 is 1.68 bits per heavy atom. The van der Waals surface area contributed by atoms with Gasteiger partial charge < -0.3 is 5.32 Å². The minimum Gasteiger partial charge on any atom is -0.366 e. The Bertz CT molecular complexity index is 1110. The van der Waals surface area contributed by atoms with Gasteiger partial charge in [-0.15, -0.1) is 0 Å². The third kappa shape index (κ3) is 3.93. The highest BCUT2D eigenvalue weighted by molar-refractivity contribution is 5.75. The minimum absolute atomic E-state index is 0.216. The number of nitrogens with one attached hydrogen (secondary N) is 1. The number of benzene rings is 2. The Hall–Kier alpha value is -3.48. The molecule has 2 aromatic heterocycles. The van der Waals surface area contributed by atoms with Crippen molar-refractivity contribution >= 4 is 17.0 Å². The first-order valence-electron chi connectivity index (χ1n) is 8.58. The lowest BCUT2D eigenvalue weighted by molar-refractivity contribution is -0.137. The van der Waals surface area contributed by atoms with Crippen molar-refractivity contribution < 1.29 is 13.2 Å². The molecule has 1 N–H and O–H groups in total. The van der Waals surface area contributed by atoms with Gasteiger partial charge in [-0.05, 0) is 29.8 Å². The molecule has 0 bridgehead atoms. The van der Waals surface area contributed by atoms with Gasteiger partial charge in [-0.1, -0.05) is 42.5 Å². The fourth-order valence-corrected chi connectivity index (χ4v) is 2.79. The van der Waals surface area contributed by atoms with Crippen LogP contribution in [-0.4, -0.2) is 15.0 Å². The van der Waals surface area contributed by atoms with Gasteiger partial charge >= 0.3 is 6.18 Å². The first-order valence-corrected chi connectivity index (χ1v) is 8.58. The second-order valence-corrected chi connectivity index (χ2v) is 6.21. The maximum Gasteiger partial charge on any atom is 0.416 e. The van der Waals surface area contributed by atoms with Gasteiger partial charge in [0.15, 0.2) is 5.65 Å². The Kier molecular flexibility index (Phi) is 4.65.